The molecule has 1 amide bonds. The van der Waals surface area contributed by atoms with Gasteiger partial charge in [-0.1, -0.05) is 13.8 Å². The van der Waals surface area contributed by atoms with Crippen molar-refractivity contribution < 1.29 is 14.3 Å². The lowest BCUT2D eigenvalue weighted by molar-refractivity contribution is -0.148. The van der Waals surface area contributed by atoms with E-state index in [2.05, 4.69) is 31.4 Å². The molecule has 1 saturated heterocycles. The first-order chi connectivity index (χ1) is 13.3. The highest BCUT2D eigenvalue weighted by Crippen LogP contribution is 2.23. The highest BCUT2D eigenvalue weighted by atomic mass is 16.5. The van der Waals surface area contributed by atoms with Gasteiger partial charge in [0.15, 0.2) is 0 Å². The van der Waals surface area contributed by atoms with Crippen LogP contribution in [0.25, 0.3) is 6.08 Å². The Morgan fingerprint density at radius 2 is 1.96 bits per heavy atom. The second-order valence-electron chi connectivity index (χ2n) is 7.92. The second-order valence-corrected chi connectivity index (χ2v) is 7.92. The quantitative estimate of drug-likeness (QED) is 0.427. The summed E-state index contributed by atoms with van der Waals surface area (Å²) in [5.41, 5.74) is 3.26. The molecular weight excluding hydrogens is 354 g/mol. The van der Waals surface area contributed by atoms with Gasteiger partial charge in [-0.15, -0.1) is 0 Å². The summed E-state index contributed by atoms with van der Waals surface area (Å²) in [6.45, 7) is 10.3. The first-order valence-corrected chi connectivity index (χ1v) is 9.94. The summed E-state index contributed by atoms with van der Waals surface area (Å²) >= 11 is 0. The van der Waals surface area contributed by atoms with Crippen molar-refractivity contribution in [2.24, 2.45) is 11.8 Å². The lowest BCUT2D eigenvalue weighted by atomic mass is 9.96. The van der Waals surface area contributed by atoms with Crippen molar-refractivity contribution in [1.82, 2.24) is 9.47 Å². The molecule has 1 aromatic rings. The van der Waals surface area contributed by atoms with Crippen molar-refractivity contribution >= 4 is 18.0 Å². The molecule has 1 aliphatic heterocycles. The van der Waals surface area contributed by atoms with Gasteiger partial charge in [0.2, 0.25) is 0 Å². The maximum Gasteiger partial charge on any atom is 0.308 e. The van der Waals surface area contributed by atoms with E-state index in [1.165, 1.54) is 7.11 Å². The molecule has 0 atom stereocenters. The average Bonchev–Trinajstić information content (AvgIpc) is 2.96. The molecule has 0 saturated carbocycles. The van der Waals surface area contributed by atoms with Crippen molar-refractivity contribution in [2.75, 3.05) is 20.2 Å². The molecular formula is C22H31N3O3. The Morgan fingerprint density at radius 1 is 1.32 bits per heavy atom. The zero-order chi connectivity index (χ0) is 20.8. The Labute approximate surface area is 167 Å². The molecule has 1 aromatic heterocycles. The summed E-state index contributed by atoms with van der Waals surface area (Å²) < 4.78 is 7.03. The molecule has 152 valence electrons. The SMILES string of the molecule is COC(=O)C1CCN(C(=O)C(C#N)=Cc2cc(C)n(CCC(C)C)c2C)CC1. The number of ether oxygens (including phenoxy) is 1. The third-order valence-electron chi connectivity index (χ3n) is 5.51. The number of likely N-dealkylation sites (tertiary alicyclic amines) is 1. The van der Waals surface area contributed by atoms with Crippen LogP contribution in [0, 0.1) is 37.0 Å². The number of hydrogen-bond donors (Lipinski definition) is 0. The molecule has 0 N–H and O–H groups in total. The van der Waals surface area contributed by atoms with Gasteiger partial charge in [-0.05, 0) is 56.7 Å². The first-order valence-electron chi connectivity index (χ1n) is 9.94. The second kappa shape index (κ2) is 9.59. The molecule has 0 spiro atoms. The molecule has 2 rings (SSSR count). The van der Waals surface area contributed by atoms with E-state index in [9.17, 15) is 14.9 Å². The van der Waals surface area contributed by atoms with Gasteiger partial charge >= 0.3 is 5.97 Å². The third kappa shape index (κ3) is 5.03. The Bertz CT molecular complexity index is 791. The predicted octanol–water partition coefficient (Wildman–Crippen LogP) is 3.47. The van der Waals surface area contributed by atoms with E-state index in [1.54, 1.807) is 11.0 Å². The maximum atomic E-state index is 12.8. The van der Waals surface area contributed by atoms with E-state index in [0.29, 0.717) is 31.8 Å². The van der Waals surface area contributed by atoms with Crippen LogP contribution in [0.5, 0.6) is 0 Å². The van der Waals surface area contributed by atoms with Crippen molar-refractivity contribution in [3.05, 3.63) is 28.6 Å². The minimum absolute atomic E-state index is 0.139. The zero-order valence-corrected chi connectivity index (χ0v) is 17.6. The Balaban J connectivity index is 2.14. The molecule has 28 heavy (non-hydrogen) atoms. The lowest BCUT2D eigenvalue weighted by Gasteiger charge is -2.30. The van der Waals surface area contributed by atoms with E-state index in [4.69, 9.17) is 4.74 Å². The number of rotatable bonds is 6. The van der Waals surface area contributed by atoms with Gasteiger partial charge in [-0.25, -0.2) is 0 Å². The fourth-order valence-corrected chi connectivity index (χ4v) is 3.66. The number of carbonyl (C=O) groups is 2. The van der Waals surface area contributed by atoms with Crippen LogP contribution in [0.3, 0.4) is 0 Å². The summed E-state index contributed by atoms with van der Waals surface area (Å²) in [7, 11) is 1.38. The molecule has 0 aliphatic carbocycles. The number of nitrogens with zero attached hydrogens (tertiary/aromatic N) is 3. The van der Waals surface area contributed by atoms with Crippen LogP contribution in [0.4, 0.5) is 0 Å². The number of carbonyl (C=O) groups excluding carboxylic acids is 2. The van der Waals surface area contributed by atoms with Crippen molar-refractivity contribution in [2.45, 2.75) is 53.5 Å². The van der Waals surface area contributed by atoms with Crippen molar-refractivity contribution in [3.8, 4) is 6.07 Å². The Kier molecular flexibility index (Phi) is 7.45. The van der Waals surface area contributed by atoms with E-state index in [-0.39, 0.29) is 23.4 Å². The molecule has 2 heterocycles. The highest BCUT2D eigenvalue weighted by Gasteiger charge is 2.29. The summed E-state index contributed by atoms with van der Waals surface area (Å²) in [6.07, 6.45) is 3.92. The number of nitriles is 1. The minimum Gasteiger partial charge on any atom is -0.469 e. The number of esters is 1. The summed E-state index contributed by atoms with van der Waals surface area (Å²) in [5, 5.41) is 9.56. The summed E-state index contributed by atoms with van der Waals surface area (Å²) in [6, 6.07) is 4.10. The number of aryl methyl sites for hydroxylation is 1. The topological polar surface area (TPSA) is 75.3 Å². The van der Waals surface area contributed by atoms with E-state index < -0.39 is 0 Å². The van der Waals surface area contributed by atoms with Gasteiger partial charge < -0.3 is 14.2 Å². The fourth-order valence-electron chi connectivity index (χ4n) is 3.66. The Morgan fingerprint density at radius 3 is 2.50 bits per heavy atom. The average molecular weight is 386 g/mol. The van der Waals surface area contributed by atoms with Crippen LogP contribution in [0.15, 0.2) is 11.6 Å². The largest absolute Gasteiger partial charge is 0.469 e. The maximum absolute atomic E-state index is 12.8. The molecule has 0 bridgehead atoms. The minimum atomic E-state index is -0.266. The number of amides is 1. The van der Waals surface area contributed by atoms with Crippen molar-refractivity contribution in [1.29, 1.82) is 5.26 Å². The predicted molar refractivity (Wildman–Crippen MR) is 108 cm³/mol. The highest BCUT2D eigenvalue weighted by molar-refractivity contribution is 6.02. The third-order valence-corrected chi connectivity index (χ3v) is 5.51. The summed E-state index contributed by atoms with van der Waals surface area (Å²) in [4.78, 5) is 26.1. The van der Waals surface area contributed by atoms with E-state index >= 15 is 0 Å². The van der Waals surface area contributed by atoms with Gasteiger partial charge in [-0.2, -0.15) is 5.26 Å². The summed E-state index contributed by atoms with van der Waals surface area (Å²) in [5.74, 6) is -0.0393. The van der Waals surface area contributed by atoms with Crippen LogP contribution >= 0.6 is 0 Å². The molecule has 6 nitrogen and oxygen atoms in total. The molecule has 1 fully saturated rings. The first kappa shape index (κ1) is 21.7. The van der Waals surface area contributed by atoms with Gasteiger partial charge in [0.05, 0.1) is 13.0 Å². The van der Waals surface area contributed by atoms with Gasteiger partial charge in [-0.3, -0.25) is 9.59 Å². The van der Waals surface area contributed by atoms with Crippen LogP contribution in [-0.4, -0.2) is 41.5 Å². The van der Waals surface area contributed by atoms with E-state index in [1.807, 2.05) is 13.0 Å². The molecule has 6 heteroatoms. The van der Waals surface area contributed by atoms with Gasteiger partial charge in [0.1, 0.15) is 11.6 Å². The van der Waals surface area contributed by atoms with Crippen LogP contribution in [0.2, 0.25) is 0 Å². The molecule has 1 aliphatic rings. The van der Waals surface area contributed by atoms with Crippen LogP contribution in [0.1, 0.15) is 50.1 Å². The van der Waals surface area contributed by atoms with E-state index in [0.717, 1.165) is 29.9 Å². The molecule has 0 radical (unpaired) electrons. The smallest absolute Gasteiger partial charge is 0.308 e. The fraction of sp³-hybridized carbons (Fsp3) is 0.591. The zero-order valence-electron chi connectivity index (χ0n) is 17.6. The van der Waals surface area contributed by atoms with Crippen LogP contribution in [-0.2, 0) is 20.9 Å². The van der Waals surface area contributed by atoms with Crippen LogP contribution < -0.4 is 0 Å². The standard InChI is InChI=1S/C22H31N3O3/c1-15(2)6-11-25-16(3)12-19(17(25)4)13-20(14-23)21(26)24-9-7-18(8-10-24)22(27)28-5/h12-13,15,18H,6-11H2,1-5H3. The number of methoxy groups -OCH3 is 1. The number of piperidine rings is 1. The van der Waals surface area contributed by atoms with Gasteiger partial charge in [0.25, 0.3) is 5.91 Å². The van der Waals surface area contributed by atoms with Crippen molar-refractivity contribution in [3.63, 3.8) is 0 Å². The number of aromatic nitrogens is 1. The monoisotopic (exact) mass is 385 g/mol. The Hall–Kier alpha value is -2.55. The number of hydrogen-bond acceptors (Lipinski definition) is 4. The van der Waals surface area contributed by atoms with Gasteiger partial charge in [0, 0.05) is 31.0 Å². The lowest BCUT2D eigenvalue weighted by Crippen LogP contribution is -2.41. The molecule has 0 unspecified atom stereocenters. The normalized spacial score (nSPS) is 15.6. The molecule has 0 aromatic carbocycles.